The summed E-state index contributed by atoms with van der Waals surface area (Å²) >= 11 is 1.27. The number of carboxylic acid groups (broad SMARTS) is 1. The minimum atomic E-state index is -0.883. The number of carboxylic acids is 1. The van der Waals surface area contributed by atoms with Crippen molar-refractivity contribution in [2.24, 2.45) is 5.73 Å². The molecule has 0 bridgehead atoms. The predicted molar refractivity (Wildman–Crippen MR) is 64.6 cm³/mol. The first-order chi connectivity index (χ1) is 7.70. The molecule has 0 radical (unpaired) electrons. The number of carbonyl (C=O) groups is 1. The monoisotopic (exact) mass is 233 g/mol. The van der Waals surface area contributed by atoms with Gasteiger partial charge in [-0.2, -0.15) is 0 Å². The molecule has 0 saturated carbocycles. The fraction of sp³-hybridized carbons (Fsp3) is 0.0833. The summed E-state index contributed by atoms with van der Waals surface area (Å²) in [5.41, 5.74) is 7.62. The van der Waals surface area contributed by atoms with Gasteiger partial charge in [-0.15, -0.1) is 11.3 Å². The molecule has 0 fully saturated rings. The van der Waals surface area contributed by atoms with Crippen LogP contribution in [0.3, 0.4) is 0 Å². The summed E-state index contributed by atoms with van der Waals surface area (Å²) in [5.74, 6) is -0.883. The van der Waals surface area contributed by atoms with Crippen LogP contribution in [-0.2, 0) is 6.54 Å². The summed E-state index contributed by atoms with van der Waals surface area (Å²) < 4.78 is 0. The number of hydrogen-bond donors (Lipinski definition) is 2. The Labute approximate surface area is 97.2 Å². The van der Waals surface area contributed by atoms with Crippen LogP contribution in [0.1, 0.15) is 15.2 Å². The second-order valence-corrected chi connectivity index (χ2v) is 4.46. The number of nitrogens with two attached hydrogens (primary N) is 1. The van der Waals surface area contributed by atoms with E-state index in [0.29, 0.717) is 11.4 Å². The smallest absolute Gasteiger partial charge is 0.345 e. The fourth-order valence-electron chi connectivity index (χ4n) is 1.46. The maximum atomic E-state index is 10.8. The molecule has 16 heavy (non-hydrogen) atoms. The van der Waals surface area contributed by atoms with Crippen LogP contribution in [0, 0.1) is 0 Å². The molecule has 1 aromatic heterocycles. The molecule has 0 aliphatic heterocycles. The Kier molecular flexibility index (Phi) is 3.03. The van der Waals surface area contributed by atoms with Gasteiger partial charge in [-0.3, -0.25) is 0 Å². The molecule has 4 heteroatoms. The van der Waals surface area contributed by atoms with Crippen LogP contribution in [0.2, 0.25) is 0 Å². The normalized spacial score (nSPS) is 10.3. The number of benzene rings is 1. The van der Waals surface area contributed by atoms with Crippen LogP contribution in [0.15, 0.2) is 36.4 Å². The molecule has 2 aromatic rings. The first-order valence-electron chi connectivity index (χ1n) is 4.83. The summed E-state index contributed by atoms with van der Waals surface area (Å²) in [7, 11) is 0. The largest absolute Gasteiger partial charge is 0.477 e. The molecule has 0 aliphatic rings. The number of thiophene rings is 1. The Bertz CT molecular complexity index is 519. The third-order valence-corrected chi connectivity index (χ3v) is 3.39. The molecule has 0 unspecified atom stereocenters. The van der Waals surface area contributed by atoms with Crippen molar-refractivity contribution >= 4 is 17.3 Å². The molecular formula is C12H11NO2S. The molecule has 1 heterocycles. The first kappa shape index (κ1) is 10.9. The van der Waals surface area contributed by atoms with Gasteiger partial charge in [0.2, 0.25) is 0 Å². The quantitative estimate of drug-likeness (QED) is 0.856. The van der Waals surface area contributed by atoms with Gasteiger partial charge >= 0.3 is 5.97 Å². The molecule has 0 atom stereocenters. The molecule has 1 aromatic carbocycles. The molecule has 0 amide bonds. The van der Waals surface area contributed by atoms with Crippen LogP contribution in [0.25, 0.3) is 10.4 Å². The van der Waals surface area contributed by atoms with Crippen molar-refractivity contribution in [1.82, 2.24) is 0 Å². The second-order valence-electron chi connectivity index (χ2n) is 3.37. The van der Waals surface area contributed by atoms with Crippen LogP contribution < -0.4 is 5.73 Å². The first-order valence-corrected chi connectivity index (χ1v) is 5.65. The van der Waals surface area contributed by atoms with Crippen molar-refractivity contribution in [3.05, 3.63) is 46.8 Å². The zero-order valence-electron chi connectivity index (χ0n) is 8.51. The Morgan fingerprint density at radius 3 is 2.75 bits per heavy atom. The highest BCUT2D eigenvalue weighted by molar-refractivity contribution is 7.17. The number of aromatic carboxylic acids is 1. The fourth-order valence-corrected chi connectivity index (χ4v) is 2.30. The second kappa shape index (κ2) is 4.47. The zero-order chi connectivity index (χ0) is 11.5. The summed E-state index contributed by atoms with van der Waals surface area (Å²) in [4.78, 5) is 12.1. The molecule has 2 rings (SSSR count). The summed E-state index contributed by atoms with van der Waals surface area (Å²) in [5, 5.41) is 8.84. The number of hydrogen-bond acceptors (Lipinski definition) is 3. The van der Waals surface area contributed by atoms with Gasteiger partial charge in [-0.1, -0.05) is 18.2 Å². The van der Waals surface area contributed by atoms with E-state index in [2.05, 4.69) is 0 Å². The van der Waals surface area contributed by atoms with Gasteiger partial charge in [0.25, 0.3) is 0 Å². The lowest BCUT2D eigenvalue weighted by atomic mass is 10.1. The van der Waals surface area contributed by atoms with Crippen LogP contribution >= 0.6 is 11.3 Å². The van der Waals surface area contributed by atoms with E-state index in [1.807, 2.05) is 30.3 Å². The highest BCUT2D eigenvalue weighted by Gasteiger charge is 2.08. The van der Waals surface area contributed by atoms with E-state index in [9.17, 15) is 4.79 Å². The molecule has 3 nitrogen and oxygen atoms in total. The highest BCUT2D eigenvalue weighted by atomic mass is 32.1. The third-order valence-electron chi connectivity index (χ3n) is 2.26. The lowest BCUT2D eigenvalue weighted by molar-refractivity contribution is 0.0702. The lowest BCUT2D eigenvalue weighted by Gasteiger charge is -2.00. The topological polar surface area (TPSA) is 63.3 Å². The molecule has 3 N–H and O–H groups in total. The molecule has 0 aliphatic carbocycles. The van der Waals surface area contributed by atoms with Gasteiger partial charge in [0.15, 0.2) is 0 Å². The highest BCUT2D eigenvalue weighted by Crippen LogP contribution is 2.28. The van der Waals surface area contributed by atoms with Gasteiger partial charge in [0.1, 0.15) is 4.88 Å². The molecular weight excluding hydrogens is 222 g/mol. The van der Waals surface area contributed by atoms with Crippen molar-refractivity contribution in [3.8, 4) is 10.4 Å². The average molecular weight is 233 g/mol. The average Bonchev–Trinajstić information content (AvgIpc) is 2.78. The maximum Gasteiger partial charge on any atom is 0.345 e. The zero-order valence-corrected chi connectivity index (χ0v) is 9.33. The van der Waals surface area contributed by atoms with Crippen molar-refractivity contribution < 1.29 is 9.90 Å². The van der Waals surface area contributed by atoms with E-state index >= 15 is 0 Å². The molecule has 0 spiro atoms. The lowest BCUT2D eigenvalue weighted by Crippen LogP contribution is -1.95. The van der Waals surface area contributed by atoms with E-state index in [0.717, 1.165) is 16.0 Å². The van der Waals surface area contributed by atoms with E-state index in [1.54, 1.807) is 6.07 Å². The SMILES string of the molecule is NCc1cccc(-c2ccc(C(=O)O)s2)c1. The maximum absolute atomic E-state index is 10.8. The summed E-state index contributed by atoms with van der Waals surface area (Å²) in [6.45, 7) is 0.491. The van der Waals surface area contributed by atoms with Crippen molar-refractivity contribution in [2.75, 3.05) is 0 Å². The Morgan fingerprint density at radius 1 is 1.31 bits per heavy atom. The summed E-state index contributed by atoms with van der Waals surface area (Å²) in [6.07, 6.45) is 0. The van der Waals surface area contributed by atoms with Gasteiger partial charge < -0.3 is 10.8 Å². The minimum absolute atomic E-state index is 0.355. The van der Waals surface area contributed by atoms with E-state index in [1.165, 1.54) is 11.3 Å². The van der Waals surface area contributed by atoms with E-state index in [4.69, 9.17) is 10.8 Å². The Morgan fingerprint density at radius 2 is 2.12 bits per heavy atom. The Balaban J connectivity index is 2.38. The molecule has 0 saturated heterocycles. The van der Waals surface area contributed by atoms with Crippen molar-refractivity contribution in [3.63, 3.8) is 0 Å². The standard InChI is InChI=1S/C12H11NO2S/c13-7-8-2-1-3-9(6-8)10-4-5-11(16-10)12(14)15/h1-6H,7,13H2,(H,14,15). The predicted octanol–water partition coefficient (Wildman–Crippen LogP) is 2.57. The molecule has 82 valence electrons. The van der Waals surface area contributed by atoms with Gasteiger partial charge in [-0.05, 0) is 29.3 Å². The van der Waals surface area contributed by atoms with Gasteiger partial charge in [0.05, 0.1) is 0 Å². The van der Waals surface area contributed by atoms with Crippen LogP contribution in [0.4, 0.5) is 0 Å². The minimum Gasteiger partial charge on any atom is -0.477 e. The number of rotatable bonds is 3. The third kappa shape index (κ3) is 2.13. The van der Waals surface area contributed by atoms with Crippen molar-refractivity contribution in [1.29, 1.82) is 0 Å². The van der Waals surface area contributed by atoms with E-state index in [-0.39, 0.29) is 0 Å². The van der Waals surface area contributed by atoms with E-state index < -0.39 is 5.97 Å². The van der Waals surface area contributed by atoms with Crippen LogP contribution in [-0.4, -0.2) is 11.1 Å². The summed E-state index contributed by atoms with van der Waals surface area (Å²) in [6, 6.07) is 11.3. The van der Waals surface area contributed by atoms with Gasteiger partial charge in [0, 0.05) is 11.4 Å². The van der Waals surface area contributed by atoms with Crippen molar-refractivity contribution in [2.45, 2.75) is 6.54 Å². The van der Waals surface area contributed by atoms with Gasteiger partial charge in [-0.25, -0.2) is 4.79 Å². The van der Waals surface area contributed by atoms with Crippen LogP contribution in [0.5, 0.6) is 0 Å². The Hall–Kier alpha value is -1.65.